The van der Waals surface area contributed by atoms with Crippen molar-refractivity contribution in [2.45, 2.75) is 11.7 Å². The van der Waals surface area contributed by atoms with Gasteiger partial charge in [0.25, 0.3) is 0 Å². The van der Waals surface area contributed by atoms with E-state index in [1.807, 2.05) is 0 Å². The van der Waals surface area contributed by atoms with E-state index in [1.54, 1.807) is 0 Å². The van der Waals surface area contributed by atoms with E-state index in [0.29, 0.717) is 0 Å². The van der Waals surface area contributed by atoms with Gasteiger partial charge in [0, 0.05) is 19.8 Å². The van der Waals surface area contributed by atoms with Gasteiger partial charge in [0.1, 0.15) is 0 Å². The van der Waals surface area contributed by atoms with Crippen molar-refractivity contribution in [2.24, 2.45) is 5.73 Å². The highest BCUT2D eigenvalue weighted by Crippen LogP contribution is 2.04. The number of hydrogen-bond acceptors (Lipinski definition) is 4. The third-order valence-electron chi connectivity index (χ3n) is 1.39. The molecule has 0 aliphatic carbocycles. The normalized spacial score (nSPS) is 14.2. The number of methoxy groups -OCH3 is 1. The Balaban J connectivity index is 4.34. The molecule has 0 rings (SSSR count). The maximum Gasteiger partial charge on any atom is 0.218 e. The van der Waals surface area contributed by atoms with E-state index < -0.39 is 21.0 Å². The molecule has 0 aromatic heterocycles. The monoisotopic (exact) mass is 195 g/mol. The summed E-state index contributed by atoms with van der Waals surface area (Å²) < 4.78 is 26.6. The van der Waals surface area contributed by atoms with Gasteiger partial charge in [-0.15, -0.1) is 0 Å². The lowest BCUT2D eigenvalue weighted by atomic mass is 10.3. The summed E-state index contributed by atoms with van der Waals surface area (Å²) >= 11 is 0. The fourth-order valence-corrected chi connectivity index (χ4v) is 1.59. The van der Waals surface area contributed by atoms with Crippen LogP contribution in [0.1, 0.15) is 6.42 Å². The van der Waals surface area contributed by atoms with Crippen LogP contribution >= 0.6 is 0 Å². The maximum atomic E-state index is 11.0. The smallest absolute Gasteiger partial charge is 0.218 e. The number of amides is 1. The predicted octanol–water partition coefficient (Wildman–Crippen LogP) is -1.08. The van der Waals surface area contributed by atoms with Gasteiger partial charge in [0.05, 0.1) is 11.9 Å². The van der Waals surface area contributed by atoms with Crippen LogP contribution in [0.25, 0.3) is 0 Å². The Bertz CT molecular complexity index is 246. The topological polar surface area (TPSA) is 86.5 Å². The summed E-state index contributed by atoms with van der Waals surface area (Å²) in [5.41, 5.74) is 4.86. The first kappa shape index (κ1) is 11.4. The van der Waals surface area contributed by atoms with Crippen LogP contribution in [-0.2, 0) is 19.4 Å². The number of carbonyl (C=O) groups excluding carboxylic acids is 1. The van der Waals surface area contributed by atoms with Gasteiger partial charge in [0.2, 0.25) is 5.91 Å². The highest BCUT2D eigenvalue weighted by Gasteiger charge is 2.22. The molecular formula is C6H13NO4S. The number of hydrogen-bond donors (Lipinski definition) is 1. The quantitative estimate of drug-likeness (QED) is 0.604. The van der Waals surface area contributed by atoms with E-state index in [4.69, 9.17) is 5.73 Å². The van der Waals surface area contributed by atoms with E-state index >= 15 is 0 Å². The minimum atomic E-state index is -3.25. The second-order valence-electron chi connectivity index (χ2n) is 2.58. The number of nitrogens with two attached hydrogens (primary N) is 1. The van der Waals surface area contributed by atoms with Gasteiger partial charge < -0.3 is 10.5 Å². The molecule has 0 aromatic carbocycles. The Hall–Kier alpha value is -0.620. The van der Waals surface area contributed by atoms with Gasteiger partial charge in [-0.2, -0.15) is 0 Å². The van der Waals surface area contributed by atoms with Gasteiger partial charge in [-0.05, 0) is 0 Å². The van der Waals surface area contributed by atoms with Gasteiger partial charge in [-0.1, -0.05) is 0 Å². The molecule has 0 saturated heterocycles. The van der Waals surface area contributed by atoms with Crippen LogP contribution in [0.15, 0.2) is 0 Å². The van der Waals surface area contributed by atoms with Crippen molar-refractivity contribution in [3.63, 3.8) is 0 Å². The number of primary amides is 1. The Morgan fingerprint density at radius 3 is 2.33 bits per heavy atom. The van der Waals surface area contributed by atoms with E-state index in [2.05, 4.69) is 4.74 Å². The lowest BCUT2D eigenvalue weighted by Gasteiger charge is -2.11. The Morgan fingerprint density at radius 2 is 2.08 bits per heavy atom. The highest BCUT2D eigenvalue weighted by molar-refractivity contribution is 7.91. The molecular weight excluding hydrogens is 182 g/mol. The molecule has 0 spiro atoms. The number of sulfone groups is 1. The summed E-state index contributed by atoms with van der Waals surface area (Å²) in [6.07, 6.45) is 0.867. The molecule has 1 atom stereocenters. The Morgan fingerprint density at radius 1 is 1.58 bits per heavy atom. The van der Waals surface area contributed by atoms with Gasteiger partial charge >= 0.3 is 0 Å². The Labute approximate surface area is 71.8 Å². The van der Waals surface area contributed by atoms with Crippen molar-refractivity contribution in [3.8, 4) is 0 Å². The molecule has 0 bridgehead atoms. The molecule has 0 aliphatic rings. The molecule has 0 radical (unpaired) electrons. The largest absolute Gasteiger partial charge is 0.383 e. The van der Waals surface area contributed by atoms with Crippen LogP contribution in [-0.4, -0.2) is 39.5 Å². The minimum Gasteiger partial charge on any atom is -0.383 e. The average Bonchev–Trinajstić information content (AvgIpc) is 1.83. The van der Waals surface area contributed by atoms with Crippen LogP contribution in [0.4, 0.5) is 0 Å². The first-order valence-corrected chi connectivity index (χ1v) is 5.29. The summed E-state index contributed by atoms with van der Waals surface area (Å²) in [6.45, 7) is 0.00176. The van der Waals surface area contributed by atoms with Gasteiger partial charge in [-0.3, -0.25) is 4.79 Å². The van der Waals surface area contributed by atoms with Crippen molar-refractivity contribution < 1.29 is 17.9 Å². The summed E-state index contributed by atoms with van der Waals surface area (Å²) in [5.74, 6) is -0.637. The van der Waals surface area contributed by atoms with E-state index in [0.717, 1.165) is 6.26 Å². The summed E-state index contributed by atoms with van der Waals surface area (Å²) in [7, 11) is -1.87. The van der Waals surface area contributed by atoms with Gasteiger partial charge in [-0.25, -0.2) is 8.42 Å². The molecule has 1 amide bonds. The van der Waals surface area contributed by atoms with Crippen LogP contribution in [0.5, 0.6) is 0 Å². The molecule has 2 N–H and O–H groups in total. The molecule has 12 heavy (non-hydrogen) atoms. The van der Waals surface area contributed by atoms with Crippen molar-refractivity contribution in [3.05, 3.63) is 0 Å². The number of carbonyl (C=O) groups is 1. The number of rotatable bonds is 5. The summed E-state index contributed by atoms with van der Waals surface area (Å²) in [5, 5.41) is -0.819. The minimum absolute atomic E-state index is 0.00176. The third-order valence-corrected chi connectivity index (χ3v) is 2.90. The highest BCUT2D eigenvalue weighted by atomic mass is 32.2. The fraction of sp³-hybridized carbons (Fsp3) is 0.833. The molecule has 0 fully saturated rings. The lowest BCUT2D eigenvalue weighted by Crippen LogP contribution is -2.30. The molecule has 0 aromatic rings. The number of ether oxygens (including phenoxy) is 1. The van der Waals surface area contributed by atoms with E-state index in [-0.39, 0.29) is 13.0 Å². The van der Waals surface area contributed by atoms with Crippen LogP contribution < -0.4 is 5.73 Å². The molecule has 0 heterocycles. The predicted molar refractivity (Wildman–Crippen MR) is 44.3 cm³/mol. The summed E-state index contributed by atoms with van der Waals surface area (Å²) in [4.78, 5) is 10.4. The lowest BCUT2D eigenvalue weighted by molar-refractivity contribution is -0.118. The SMILES string of the molecule is COC[C@H](CC(N)=O)S(C)(=O)=O. The second kappa shape index (κ2) is 4.42. The first-order valence-electron chi connectivity index (χ1n) is 3.34. The van der Waals surface area contributed by atoms with Crippen LogP contribution in [0, 0.1) is 0 Å². The van der Waals surface area contributed by atoms with E-state index in [1.165, 1.54) is 7.11 Å². The second-order valence-corrected chi connectivity index (χ2v) is 4.90. The zero-order valence-corrected chi connectivity index (χ0v) is 7.93. The molecule has 5 nitrogen and oxygen atoms in total. The zero-order chi connectivity index (χ0) is 9.78. The molecule has 0 aliphatic heterocycles. The van der Waals surface area contributed by atoms with Crippen molar-refractivity contribution in [1.82, 2.24) is 0 Å². The first-order chi connectivity index (χ1) is 5.38. The molecule has 0 saturated carbocycles. The van der Waals surface area contributed by atoms with Crippen molar-refractivity contribution in [1.29, 1.82) is 0 Å². The molecule has 0 unspecified atom stereocenters. The Kier molecular flexibility index (Phi) is 4.19. The standard InChI is InChI=1S/C6H13NO4S/c1-11-4-5(3-6(7)8)12(2,9)10/h5H,3-4H2,1-2H3,(H2,7,8)/t5-/m0/s1. The van der Waals surface area contributed by atoms with Crippen LogP contribution in [0.3, 0.4) is 0 Å². The van der Waals surface area contributed by atoms with Crippen molar-refractivity contribution in [2.75, 3.05) is 20.0 Å². The fourth-order valence-electron chi connectivity index (χ4n) is 0.744. The molecule has 72 valence electrons. The van der Waals surface area contributed by atoms with Gasteiger partial charge in [0.15, 0.2) is 9.84 Å². The molecule has 6 heteroatoms. The third kappa shape index (κ3) is 4.30. The van der Waals surface area contributed by atoms with Crippen LogP contribution in [0.2, 0.25) is 0 Å². The van der Waals surface area contributed by atoms with E-state index in [9.17, 15) is 13.2 Å². The maximum absolute atomic E-state index is 11.0. The summed E-state index contributed by atoms with van der Waals surface area (Å²) in [6, 6.07) is 0. The average molecular weight is 195 g/mol. The zero-order valence-electron chi connectivity index (χ0n) is 7.11. The van der Waals surface area contributed by atoms with Crippen molar-refractivity contribution >= 4 is 15.7 Å².